The zero-order chi connectivity index (χ0) is 23.9. The van der Waals surface area contributed by atoms with Crippen LogP contribution in [0.2, 0.25) is 0 Å². The van der Waals surface area contributed by atoms with Crippen molar-refractivity contribution < 1.29 is 18.0 Å². The van der Waals surface area contributed by atoms with Gasteiger partial charge in [-0.05, 0) is 58.5 Å². The summed E-state index contributed by atoms with van der Waals surface area (Å²) in [6.07, 6.45) is 0.985. The van der Waals surface area contributed by atoms with E-state index in [9.17, 15) is 8.42 Å². The molecule has 0 aliphatic heterocycles. The Morgan fingerprint density at radius 2 is 1.58 bits per heavy atom. The van der Waals surface area contributed by atoms with Crippen LogP contribution in [0.25, 0.3) is 0 Å². The summed E-state index contributed by atoms with van der Waals surface area (Å²) < 4.78 is 33.5. The SMILES string of the molecule is COc1ccc(/C=N/OC(CNS(=O)(=O)c2ccc(C(C)(C)C)cc2)c2ccccc2)cc1. The number of nitrogens with zero attached hydrogens (tertiary/aromatic N) is 1. The van der Waals surface area contributed by atoms with Crippen molar-refractivity contribution in [1.82, 2.24) is 4.72 Å². The largest absolute Gasteiger partial charge is 0.497 e. The Kier molecular flexibility index (Phi) is 7.89. The molecule has 33 heavy (non-hydrogen) atoms. The molecular weight excluding hydrogens is 436 g/mol. The van der Waals surface area contributed by atoms with E-state index in [1.54, 1.807) is 25.5 Å². The first-order chi connectivity index (χ1) is 15.7. The molecule has 0 heterocycles. The van der Waals surface area contributed by atoms with Crippen LogP contribution in [0.1, 0.15) is 43.6 Å². The van der Waals surface area contributed by atoms with Crippen molar-refractivity contribution in [3.8, 4) is 5.75 Å². The molecule has 174 valence electrons. The molecule has 3 aromatic carbocycles. The van der Waals surface area contributed by atoms with Crippen LogP contribution in [-0.4, -0.2) is 28.3 Å². The van der Waals surface area contributed by atoms with Gasteiger partial charge in [0.25, 0.3) is 0 Å². The summed E-state index contributed by atoms with van der Waals surface area (Å²) in [4.78, 5) is 5.91. The van der Waals surface area contributed by atoms with Gasteiger partial charge in [0.1, 0.15) is 5.75 Å². The highest BCUT2D eigenvalue weighted by Crippen LogP contribution is 2.24. The van der Waals surface area contributed by atoms with E-state index in [1.807, 2.05) is 66.7 Å². The van der Waals surface area contributed by atoms with Crippen molar-refractivity contribution in [3.05, 3.63) is 95.6 Å². The zero-order valence-corrected chi connectivity index (χ0v) is 20.2. The third-order valence-corrected chi connectivity index (χ3v) is 6.61. The first-order valence-electron chi connectivity index (χ1n) is 10.7. The molecule has 0 aliphatic carbocycles. The third kappa shape index (κ3) is 6.91. The van der Waals surface area contributed by atoms with Crippen LogP contribution >= 0.6 is 0 Å². The summed E-state index contributed by atoms with van der Waals surface area (Å²) in [6, 6.07) is 23.7. The molecule has 1 atom stereocenters. The Morgan fingerprint density at radius 3 is 2.15 bits per heavy atom. The lowest BCUT2D eigenvalue weighted by Gasteiger charge is -2.19. The fourth-order valence-electron chi connectivity index (χ4n) is 3.14. The van der Waals surface area contributed by atoms with Gasteiger partial charge in [0.05, 0.1) is 24.8 Å². The Balaban J connectivity index is 1.71. The van der Waals surface area contributed by atoms with E-state index in [0.717, 1.165) is 22.4 Å². The van der Waals surface area contributed by atoms with Crippen molar-refractivity contribution in [2.75, 3.05) is 13.7 Å². The lowest BCUT2D eigenvalue weighted by molar-refractivity contribution is 0.0634. The lowest BCUT2D eigenvalue weighted by Crippen LogP contribution is -2.29. The second kappa shape index (κ2) is 10.6. The minimum atomic E-state index is -3.71. The van der Waals surface area contributed by atoms with Gasteiger partial charge in [-0.25, -0.2) is 13.1 Å². The van der Waals surface area contributed by atoms with Gasteiger partial charge in [-0.3, -0.25) is 0 Å². The molecule has 0 aromatic heterocycles. The molecular formula is C26H30N2O4S. The van der Waals surface area contributed by atoms with Gasteiger partial charge in [-0.1, -0.05) is 68.4 Å². The first kappa shape index (κ1) is 24.5. The van der Waals surface area contributed by atoms with E-state index in [0.29, 0.717) is 0 Å². The van der Waals surface area contributed by atoms with E-state index < -0.39 is 16.1 Å². The van der Waals surface area contributed by atoms with Crippen LogP contribution in [0.3, 0.4) is 0 Å². The minimum Gasteiger partial charge on any atom is -0.497 e. The predicted molar refractivity (Wildman–Crippen MR) is 131 cm³/mol. The Labute approximate surface area is 196 Å². The first-order valence-corrected chi connectivity index (χ1v) is 12.2. The fourth-order valence-corrected chi connectivity index (χ4v) is 4.17. The van der Waals surface area contributed by atoms with Crippen LogP contribution in [0.4, 0.5) is 0 Å². The van der Waals surface area contributed by atoms with Crippen molar-refractivity contribution in [3.63, 3.8) is 0 Å². The number of methoxy groups -OCH3 is 1. The van der Waals surface area contributed by atoms with Crippen LogP contribution in [0.5, 0.6) is 5.75 Å². The zero-order valence-electron chi connectivity index (χ0n) is 19.4. The van der Waals surface area contributed by atoms with Gasteiger partial charge in [0, 0.05) is 0 Å². The summed E-state index contributed by atoms with van der Waals surface area (Å²) in [6.45, 7) is 6.29. The topological polar surface area (TPSA) is 77.0 Å². The minimum absolute atomic E-state index is 0.0350. The Bertz CT molecular complexity index is 1150. The molecule has 3 rings (SSSR count). The van der Waals surface area contributed by atoms with Gasteiger partial charge >= 0.3 is 0 Å². The quantitative estimate of drug-likeness (QED) is 0.353. The number of hydrogen-bond acceptors (Lipinski definition) is 5. The molecule has 1 N–H and O–H groups in total. The molecule has 0 aliphatic rings. The molecule has 7 heteroatoms. The smallest absolute Gasteiger partial charge is 0.240 e. The summed E-state index contributed by atoms with van der Waals surface area (Å²) in [7, 11) is -2.10. The van der Waals surface area contributed by atoms with E-state index in [2.05, 4.69) is 30.6 Å². The van der Waals surface area contributed by atoms with Crippen molar-refractivity contribution in [2.24, 2.45) is 5.16 Å². The van der Waals surface area contributed by atoms with Gasteiger partial charge in [-0.15, -0.1) is 0 Å². The third-order valence-electron chi connectivity index (χ3n) is 5.17. The molecule has 0 fully saturated rings. The highest BCUT2D eigenvalue weighted by atomic mass is 32.2. The number of rotatable bonds is 9. The number of sulfonamides is 1. The molecule has 0 spiro atoms. The van der Waals surface area contributed by atoms with Crippen molar-refractivity contribution >= 4 is 16.2 Å². The number of ether oxygens (including phenoxy) is 1. The van der Waals surface area contributed by atoms with E-state index >= 15 is 0 Å². The highest BCUT2D eigenvalue weighted by molar-refractivity contribution is 7.89. The highest BCUT2D eigenvalue weighted by Gasteiger charge is 2.21. The van der Waals surface area contributed by atoms with Crippen molar-refractivity contribution in [2.45, 2.75) is 37.2 Å². The average Bonchev–Trinajstić information content (AvgIpc) is 2.81. The molecule has 0 radical (unpaired) electrons. The second-order valence-corrected chi connectivity index (χ2v) is 10.4. The maximum absolute atomic E-state index is 12.9. The van der Waals surface area contributed by atoms with Crippen LogP contribution in [0.15, 0.2) is 88.9 Å². The molecule has 0 amide bonds. The standard InChI is InChI=1S/C26H30N2O4S/c1-26(2,3)22-12-16-24(17-13-22)33(29,30)28-19-25(21-8-6-5-7-9-21)32-27-18-20-10-14-23(31-4)15-11-20/h5-18,25,28H,19H2,1-4H3/b27-18+. The fraction of sp³-hybridized carbons (Fsp3) is 0.269. The average molecular weight is 467 g/mol. The summed E-state index contributed by atoms with van der Waals surface area (Å²) >= 11 is 0. The number of nitrogens with one attached hydrogen (secondary N) is 1. The molecule has 0 bridgehead atoms. The van der Waals surface area contributed by atoms with Gasteiger partial charge in [0.15, 0.2) is 6.10 Å². The molecule has 1 unspecified atom stereocenters. The predicted octanol–water partition coefficient (Wildman–Crippen LogP) is 5.06. The number of oxime groups is 1. The van der Waals surface area contributed by atoms with Gasteiger partial charge in [0.2, 0.25) is 10.0 Å². The van der Waals surface area contributed by atoms with Crippen LogP contribution in [-0.2, 0) is 20.3 Å². The summed E-state index contributed by atoms with van der Waals surface area (Å²) in [5, 5.41) is 4.09. The Hall–Kier alpha value is -3.16. The monoisotopic (exact) mass is 466 g/mol. The second-order valence-electron chi connectivity index (χ2n) is 8.64. The maximum Gasteiger partial charge on any atom is 0.240 e. The van der Waals surface area contributed by atoms with E-state index in [1.165, 1.54) is 0 Å². The van der Waals surface area contributed by atoms with E-state index in [4.69, 9.17) is 9.57 Å². The summed E-state index contributed by atoms with van der Waals surface area (Å²) in [5.41, 5.74) is 2.67. The lowest BCUT2D eigenvalue weighted by atomic mass is 9.87. The number of benzene rings is 3. The number of hydrogen-bond donors (Lipinski definition) is 1. The van der Waals surface area contributed by atoms with Gasteiger partial charge in [-0.2, -0.15) is 0 Å². The van der Waals surface area contributed by atoms with Crippen LogP contribution in [0, 0.1) is 0 Å². The normalized spacial score (nSPS) is 13.1. The Morgan fingerprint density at radius 1 is 0.939 bits per heavy atom. The van der Waals surface area contributed by atoms with Gasteiger partial charge < -0.3 is 9.57 Å². The molecule has 3 aromatic rings. The van der Waals surface area contributed by atoms with Crippen molar-refractivity contribution in [1.29, 1.82) is 0 Å². The molecule has 0 saturated heterocycles. The van der Waals surface area contributed by atoms with E-state index in [-0.39, 0.29) is 16.9 Å². The summed E-state index contributed by atoms with van der Waals surface area (Å²) in [5.74, 6) is 0.750. The maximum atomic E-state index is 12.9. The molecule has 6 nitrogen and oxygen atoms in total. The molecule has 0 saturated carbocycles. The van der Waals surface area contributed by atoms with Crippen LogP contribution < -0.4 is 9.46 Å².